The van der Waals surface area contributed by atoms with Crippen molar-refractivity contribution in [3.05, 3.63) is 30.1 Å². The second-order valence-electron chi connectivity index (χ2n) is 2.88. The van der Waals surface area contributed by atoms with E-state index in [0.29, 0.717) is 5.56 Å². The van der Waals surface area contributed by atoms with Crippen molar-refractivity contribution in [2.24, 2.45) is 5.10 Å². The summed E-state index contributed by atoms with van der Waals surface area (Å²) in [4.78, 5) is 16.9. The average molecular weight is 192 g/mol. The summed E-state index contributed by atoms with van der Waals surface area (Å²) in [6.45, 7) is 0. The van der Waals surface area contributed by atoms with Gasteiger partial charge in [0.25, 0.3) is 5.91 Å². The summed E-state index contributed by atoms with van der Waals surface area (Å²) in [5.74, 6) is -0.245. The van der Waals surface area contributed by atoms with E-state index in [1.807, 2.05) is 14.1 Å². The molecule has 0 spiro atoms. The number of hydrogen-bond acceptors (Lipinski definition) is 3. The smallest absolute Gasteiger partial charge is 0.271 e. The molecule has 0 saturated carbocycles. The quantitative estimate of drug-likeness (QED) is 0.426. The molecule has 5 heteroatoms. The lowest BCUT2D eigenvalue weighted by Crippen LogP contribution is -2.20. The Morgan fingerprint density at radius 2 is 2.14 bits per heavy atom. The first-order chi connectivity index (χ1) is 6.70. The normalized spacial score (nSPS) is 10.1. The third-order valence-electron chi connectivity index (χ3n) is 1.40. The third kappa shape index (κ3) is 3.22. The highest BCUT2D eigenvalue weighted by Crippen LogP contribution is 1.94. The van der Waals surface area contributed by atoms with Crippen LogP contribution in [0, 0.1) is 0 Å². The van der Waals surface area contributed by atoms with E-state index in [4.69, 9.17) is 0 Å². The number of carbonyl (C=O) groups excluding carboxylic acids is 1. The van der Waals surface area contributed by atoms with Crippen molar-refractivity contribution in [1.29, 1.82) is 0 Å². The molecular weight excluding hydrogens is 180 g/mol. The van der Waals surface area contributed by atoms with Crippen molar-refractivity contribution in [2.75, 3.05) is 14.1 Å². The minimum absolute atomic E-state index is 0.245. The Labute approximate surface area is 82.4 Å². The highest BCUT2D eigenvalue weighted by Gasteiger charge is 2.01. The molecule has 1 rings (SSSR count). The fourth-order valence-electron chi connectivity index (χ4n) is 0.771. The summed E-state index contributed by atoms with van der Waals surface area (Å²) in [5.41, 5.74) is 2.93. The van der Waals surface area contributed by atoms with Crippen molar-refractivity contribution < 1.29 is 4.79 Å². The summed E-state index contributed by atoms with van der Waals surface area (Å²) in [6.07, 6.45) is 4.63. The first-order valence-electron chi connectivity index (χ1n) is 4.10. The topological polar surface area (TPSA) is 57.6 Å². The van der Waals surface area contributed by atoms with Crippen molar-refractivity contribution in [2.45, 2.75) is 0 Å². The third-order valence-corrected chi connectivity index (χ3v) is 1.40. The molecule has 0 unspecified atom stereocenters. The molecule has 74 valence electrons. The second-order valence-corrected chi connectivity index (χ2v) is 2.88. The lowest BCUT2D eigenvalue weighted by Gasteiger charge is -2.02. The molecule has 1 aromatic rings. The lowest BCUT2D eigenvalue weighted by molar-refractivity contribution is 0.0954. The number of nitrogens with one attached hydrogen (secondary N) is 1. The zero-order valence-corrected chi connectivity index (χ0v) is 8.14. The molecule has 0 bridgehead atoms. The molecule has 0 radical (unpaired) electrons. The monoisotopic (exact) mass is 192 g/mol. The van der Waals surface area contributed by atoms with E-state index < -0.39 is 0 Å². The van der Waals surface area contributed by atoms with Crippen LogP contribution in [0.15, 0.2) is 29.6 Å². The molecule has 0 aliphatic rings. The van der Waals surface area contributed by atoms with Gasteiger partial charge in [0.15, 0.2) is 0 Å². The van der Waals surface area contributed by atoms with Gasteiger partial charge in [-0.2, -0.15) is 5.10 Å². The van der Waals surface area contributed by atoms with Crippen LogP contribution in [0.3, 0.4) is 0 Å². The van der Waals surface area contributed by atoms with Crippen LogP contribution in [0.2, 0.25) is 0 Å². The van der Waals surface area contributed by atoms with Crippen molar-refractivity contribution in [3.8, 4) is 0 Å². The van der Waals surface area contributed by atoms with E-state index in [9.17, 15) is 4.79 Å². The van der Waals surface area contributed by atoms with Crippen LogP contribution in [-0.2, 0) is 0 Å². The van der Waals surface area contributed by atoms with Gasteiger partial charge in [-0.1, -0.05) is 0 Å². The molecule has 0 aromatic carbocycles. The van der Waals surface area contributed by atoms with Gasteiger partial charge >= 0.3 is 0 Å². The van der Waals surface area contributed by atoms with Gasteiger partial charge in [0.1, 0.15) is 6.34 Å². The fourth-order valence-corrected chi connectivity index (χ4v) is 0.771. The highest BCUT2D eigenvalue weighted by atomic mass is 16.2. The van der Waals surface area contributed by atoms with Crippen molar-refractivity contribution >= 4 is 12.2 Å². The zero-order chi connectivity index (χ0) is 10.4. The minimum atomic E-state index is -0.245. The number of hydrogen-bond donors (Lipinski definition) is 1. The number of carbonyl (C=O) groups is 1. The molecule has 1 aromatic heterocycles. The van der Waals surface area contributed by atoms with E-state index in [2.05, 4.69) is 15.5 Å². The van der Waals surface area contributed by atoms with E-state index >= 15 is 0 Å². The molecule has 0 atom stereocenters. The predicted molar refractivity (Wildman–Crippen MR) is 53.9 cm³/mol. The molecule has 0 fully saturated rings. The van der Waals surface area contributed by atoms with Crippen molar-refractivity contribution in [3.63, 3.8) is 0 Å². The number of nitrogens with zero attached hydrogens (tertiary/aromatic N) is 3. The van der Waals surface area contributed by atoms with Crippen LogP contribution < -0.4 is 5.43 Å². The van der Waals surface area contributed by atoms with Gasteiger partial charge in [0.05, 0.1) is 0 Å². The molecule has 1 amide bonds. The molecule has 5 nitrogen and oxygen atoms in total. The van der Waals surface area contributed by atoms with Crippen LogP contribution in [0.4, 0.5) is 0 Å². The molecular formula is C9H12N4O. The lowest BCUT2D eigenvalue weighted by atomic mass is 10.3. The molecule has 0 aliphatic carbocycles. The summed E-state index contributed by atoms with van der Waals surface area (Å²) in [5, 5.41) is 3.73. The molecule has 0 aliphatic heterocycles. The SMILES string of the molecule is CN(C)C=NNC(=O)c1ccncc1. The number of amides is 1. The average Bonchev–Trinajstić information content (AvgIpc) is 2.18. The summed E-state index contributed by atoms with van der Waals surface area (Å²) >= 11 is 0. The molecule has 0 saturated heterocycles. The predicted octanol–water partition coefficient (Wildman–Crippen LogP) is 0.316. The van der Waals surface area contributed by atoms with Crippen LogP contribution >= 0.6 is 0 Å². The summed E-state index contributed by atoms with van der Waals surface area (Å²) in [7, 11) is 3.64. The number of pyridine rings is 1. The van der Waals surface area contributed by atoms with E-state index in [-0.39, 0.29) is 5.91 Å². The van der Waals surface area contributed by atoms with E-state index in [0.717, 1.165) is 0 Å². The van der Waals surface area contributed by atoms with Crippen LogP contribution in [0.5, 0.6) is 0 Å². The molecule has 14 heavy (non-hydrogen) atoms. The number of aromatic nitrogens is 1. The minimum Gasteiger partial charge on any atom is -0.367 e. The van der Waals surface area contributed by atoms with Crippen LogP contribution in [0.1, 0.15) is 10.4 Å². The van der Waals surface area contributed by atoms with Gasteiger partial charge in [-0.3, -0.25) is 9.78 Å². The molecule has 1 N–H and O–H groups in total. The van der Waals surface area contributed by atoms with E-state index in [1.165, 1.54) is 6.34 Å². The number of hydrazone groups is 1. The standard InChI is InChI=1S/C9H12N4O/c1-13(2)7-11-12-9(14)8-3-5-10-6-4-8/h3-7H,1-2H3,(H,12,14). The van der Waals surface area contributed by atoms with Gasteiger partial charge in [-0.25, -0.2) is 5.43 Å². The highest BCUT2D eigenvalue weighted by molar-refractivity contribution is 5.94. The van der Waals surface area contributed by atoms with Crippen LogP contribution in [0.25, 0.3) is 0 Å². The maximum Gasteiger partial charge on any atom is 0.271 e. The Balaban J connectivity index is 2.52. The van der Waals surface area contributed by atoms with E-state index in [1.54, 1.807) is 29.4 Å². The van der Waals surface area contributed by atoms with Gasteiger partial charge < -0.3 is 4.90 Å². The van der Waals surface area contributed by atoms with Gasteiger partial charge in [0.2, 0.25) is 0 Å². The largest absolute Gasteiger partial charge is 0.367 e. The Hall–Kier alpha value is -1.91. The fraction of sp³-hybridized carbons (Fsp3) is 0.222. The number of rotatable bonds is 3. The zero-order valence-electron chi connectivity index (χ0n) is 8.14. The van der Waals surface area contributed by atoms with Crippen molar-refractivity contribution in [1.82, 2.24) is 15.3 Å². The first-order valence-corrected chi connectivity index (χ1v) is 4.10. The Bertz CT molecular complexity index is 321. The van der Waals surface area contributed by atoms with Gasteiger partial charge in [0, 0.05) is 32.1 Å². The van der Waals surface area contributed by atoms with Gasteiger partial charge in [-0.05, 0) is 12.1 Å². The Morgan fingerprint density at radius 1 is 1.50 bits per heavy atom. The van der Waals surface area contributed by atoms with Crippen LogP contribution in [-0.4, -0.2) is 36.2 Å². The summed E-state index contributed by atoms with van der Waals surface area (Å²) in [6, 6.07) is 3.25. The Morgan fingerprint density at radius 3 is 2.71 bits per heavy atom. The maximum absolute atomic E-state index is 11.4. The molecule has 1 heterocycles. The summed E-state index contributed by atoms with van der Waals surface area (Å²) < 4.78 is 0. The maximum atomic E-state index is 11.4. The Kier molecular flexibility index (Phi) is 3.60. The first kappa shape index (κ1) is 10.2. The second kappa shape index (κ2) is 4.96. The van der Waals surface area contributed by atoms with Gasteiger partial charge in [-0.15, -0.1) is 0 Å².